The maximum absolute atomic E-state index is 11.2. The molecule has 1 aromatic carbocycles. The van der Waals surface area contributed by atoms with Crippen molar-refractivity contribution >= 4 is 16.9 Å². The van der Waals surface area contributed by atoms with Crippen molar-refractivity contribution in [2.24, 2.45) is 0 Å². The molecule has 22 heavy (non-hydrogen) atoms. The third-order valence-electron chi connectivity index (χ3n) is 4.60. The first-order chi connectivity index (χ1) is 10.1. The van der Waals surface area contributed by atoms with E-state index in [2.05, 4.69) is 30.1 Å². The summed E-state index contributed by atoms with van der Waals surface area (Å²) in [5.41, 5.74) is 3.72. The molecule has 1 aliphatic rings. The Kier molecular flexibility index (Phi) is 5.91. The summed E-state index contributed by atoms with van der Waals surface area (Å²) in [5.74, 6) is -1.07. The molecule has 0 amide bonds. The Morgan fingerprint density at radius 3 is 2.82 bits per heavy atom. The summed E-state index contributed by atoms with van der Waals surface area (Å²) in [4.78, 5) is 14.6. The Bertz CT molecular complexity index is 695. The number of hydrogen-bond acceptors (Lipinski definition) is 3. The first-order valence-corrected chi connectivity index (χ1v) is 7.58. The van der Waals surface area contributed by atoms with E-state index in [1.807, 2.05) is 6.92 Å². The number of aromatic amines is 1. The zero-order chi connectivity index (χ0) is 15.0. The number of aliphatic carboxylic acids is 1. The molecule has 0 bridgehead atoms. The van der Waals surface area contributed by atoms with Crippen LogP contribution in [0.1, 0.15) is 43.5 Å². The van der Waals surface area contributed by atoms with Gasteiger partial charge in [0, 0.05) is 23.3 Å². The van der Waals surface area contributed by atoms with E-state index < -0.39 is 11.6 Å². The van der Waals surface area contributed by atoms with Gasteiger partial charge >= 0.3 is 51.4 Å². The summed E-state index contributed by atoms with van der Waals surface area (Å²) in [7, 11) is 0. The number of carbonyl (C=O) groups is 1. The summed E-state index contributed by atoms with van der Waals surface area (Å²) in [5, 5.41) is 12.4. The second-order valence-corrected chi connectivity index (χ2v) is 5.67. The van der Waals surface area contributed by atoms with Gasteiger partial charge in [-0.3, -0.25) is 0 Å². The molecule has 0 spiro atoms. The van der Waals surface area contributed by atoms with Crippen LogP contribution in [0.5, 0.6) is 0 Å². The summed E-state index contributed by atoms with van der Waals surface area (Å²) in [6.45, 7) is 4.64. The van der Waals surface area contributed by atoms with Gasteiger partial charge in [-0.25, -0.2) is 0 Å². The number of benzene rings is 1. The third kappa shape index (κ3) is 2.95. The van der Waals surface area contributed by atoms with E-state index in [1.54, 1.807) is 0 Å². The van der Waals surface area contributed by atoms with E-state index in [0.29, 0.717) is 13.0 Å². The van der Waals surface area contributed by atoms with Crippen LogP contribution in [0, 0.1) is 0 Å². The van der Waals surface area contributed by atoms with Crippen molar-refractivity contribution in [3.8, 4) is 0 Å². The van der Waals surface area contributed by atoms with Crippen LogP contribution in [0.3, 0.4) is 0 Å². The normalized spacial score (nSPS) is 20.5. The molecule has 0 aliphatic carbocycles. The number of para-hydroxylation sites is 1. The fourth-order valence-electron chi connectivity index (χ4n) is 3.47. The molecular weight excluding hydrogens is 305 g/mol. The van der Waals surface area contributed by atoms with Gasteiger partial charge in [0.15, 0.2) is 0 Å². The Hall–Kier alpha value is -0.174. The molecule has 112 valence electrons. The van der Waals surface area contributed by atoms with Crippen LogP contribution in [0.2, 0.25) is 0 Å². The number of ether oxygens (including phenoxy) is 1. The van der Waals surface area contributed by atoms with Crippen molar-refractivity contribution < 1.29 is 66.0 Å². The molecule has 0 saturated carbocycles. The number of aromatic nitrogens is 1. The average molecular weight is 325 g/mol. The molecule has 0 radical (unpaired) electrons. The van der Waals surface area contributed by atoms with Crippen molar-refractivity contribution in [1.29, 1.82) is 0 Å². The Balaban J connectivity index is 0.00000176. The van der Waals surface area contributed by atoms with Crippen LogP contribution in [0.4, 0.5) is 0 Å². The molecule has 1 unspecified atom stereocenters. The Morgan fingerprint density at radius 1 is 1.41 bits per heavy atom. The average Bonchev–Trinajstić information content (AvgIpc) is 2.87. The fourth-order valence-corrected chi connectivity index (χ4v) is 3.47. The maximum Gasteiger partial charge on any atom is 1.00 e. The molecule has 2 heterocycles. The van der Waals surface area contributed by atoms with Crippen molar-refractivity contribution in [1.82, 2.24) is 4.98 Å². The number of hydrogen-bond donors (Lipinski definition) is 1. The van der Waals surface area contributed by atoms with Crippen molar-refractivity contribution in [3.05, 3.63) is 35.0 Å². The maximum atomic E-state index is 11.2. The van der Waals surface area contributed by atoms with Crippen LogP contribution < -0.4 is 56.5 Å². The number of nitrogens with one attached hydrogen (secondary N) is 1. The largest absolute Gasteiger partial charge is 1.00 e. The van der Waals surface area contributed by atoms with Gasteiger partial charge < -0.3 is 19.6 Å². The van der Waals surface area contributed by atoms with Crippen LogP contribution in [0.25, 0.3) is 10.9 Å². The van der Waals surface area contributed by atoms with Gasteiger partial charge in [0.25, 0.3) is 0 Å². The SMILES string of the molecule is CCc1cccc2c3c([nH]c12)C(CC)(CC(=O)[O-])OCC3.[K+]. The van der Waals surface area contributed by atoms with E-state index >= 15 is 0 Å². The molecule has 2 aromatic rings. The van der Waals surface area contributed by atoms with Crippen LogP contribution >= 0.6 is 0 Å². The van der Waals surface area contributed by atoms with E-state index in [9.17, 15) is 9.90 Å². The molecule has 1 aliphatic heterocycles. The smallest absolute Gasteiger partial charge is 0.550 e. The van der Waals surface area contributed by atoms with Crippen molar-refractivity contribution in [3.63, 3.8) is 0 Å². The molecule has 4 nitrogen and oxygen atoms in total. The Morgan fingerprint density at radius 2 is 2.18 bits per heavy atom. The van der Waals surface area contributed by atoms with Gasteiger partial charge in [0.2, 0.25) is 0 Å². The predicted molar refractivity (Wildman–Crippen MR) is 78.9 cm³/mol. The third-order valence-corrected chi connectivity index (χ3v) is 4.60. The Labute approximate surface area is 173 Å². The van der Waals surface area contributed by atoms with Crippen LogP contribution in [-0.2, 0) is 28.0 Å². The summed E-state index contributed by atoms with van der Waals surface area (Å²) in [6, 6.07) is 6.28. The number of H-pyrrole nitrogens is 1. The standard InChI is InChI=1S/C17H21NO3.K/c1-3-11-6-5-7-12-13-8-9-21-17(4-2,10-14(19)20)16(13)18-15(11)12;/h5-7,18H,3-4,8-10H2,1-2H3,(H,19,20);/q;+1/p-1. The first-order valence-electron chi connectivity index (χ1n) is 7.58. The minimum Gasteiger partial charge on any atom is -0.550 e. The summed E-state index contributed by atoms with van der Waals surface area (Å²) < 4.78 is 5.90. The first kappa shape index (κ1) is 18.2. The van der Waals surface area contributed by atoms with Gasteiger partial charge in [-0.1, -0.05) is 32.0 Å². The molecular formula is C17H20KNO3. The second kappa shape index (κ2) is 7.15. The van der Waals surface area contributed by atoms with Gasteiger partial charge in [0.05, 0.1) is 12.3 Å². The molecule has 3 rings (SSSR count). The van der Waals surface area contributed by atoms with E-state index in [0.717, 1.165) is 24.1 Å². The van der Waals surface area contributed by atoms with Gasteiger partial charge in [-0.15, -0.1) is 0 Å². The summed E-state index contributed by atoms with van der Waals surface area (Å²) in [6.07, 6.45) is 2.27. The van der Waals surface area contributed by atoms with Gasteiger partial charge in [-0.05, 0) is 30.4 Å². The van der Waals surface area contributed by atoms with Crippen molar-refractivity contribution in [2.45, 2.75) is 45.1 Å². The van der Waals surface area contributed by atoms with Crippen LogP contribution in [0.15, 0.2) is 18.2 Å². The number of fused-ring (bicyclic) bond motifs is 3. The van der Waals surface area contributed by atoms with E-state index in [-0.39, 0.29) is 57.8 Å². The number of carboxylic acids is 1. The second-order valence-electron chi connectivity index (χ2n) is 5.67. The minimum atomic E-state index is -1.07. The van der Waals surface area contributed by atoms with Gasteiger partial charge in [-0.2, -0.15) is 0 Å². The fraction of sp³-hybridized carbons (Fsp3) is 0.471. The van der Waals surface area contributed by atoms with E-state index in [4.69, 9.17) is 4.74 Å². The summed E-state index contributed by atoms with van der Waals surface area (Å²) >= 11 is 0. The monoisotopic (exact) mass is 325 g/mol. The number of aryl methyl sites for hydroxylation is 1. The van der Waals surface area contributed by atoms with Crippen LogP contribution in [-0.4, -0.2) is 17.6 Å². The predicted octanol–water partition coefficient (Wildman–Crippen LogP) is -0.948. The molecule has 0 saturated heterocycles. The number of rotatable bonds is 4. The zero-order valence-electron chi connectivity index (χ0n) is 13.5. The quantitative estimate of drug-likeness (QED) is 0.738. The van der Waals surface area contributed by atoms with Crippen molar-refractivity contribution in [2.75, 3.05) is 6.61 Å². The molecule has 1 atom stereocenters. The molecule has 1 N–H and O–H groups in total. The minimum absolute atomic E-state index is 0. The number of carbonyl (C=O) groups excluding carboxylic acids is 1. The number of carboxylic acid groups (broad SMARTS) is 1. The zero-order valence-corrected chi connectivity index (χ0v) is 16.6. The van der Waals surface area contributed by atoms with Gasteiger partial charge in [0.1, 0.15) is 5.60 Å². The topological polar surface area (TPSA) is 65.2 Å². The molecule has 0 fully saturated rings. The molecule has 1 aromatic heterocycles. The van der Waals surface area contributed by atoms with E-state index in [1.165, 1.54) is 16.5 Å². The molecule has 5 heteroatoms.